The minimum absolute atomic E-state index is 0.238. The van der Waals surface area contributed by atoms with Gasteiger partial charge in [0.05, 0.1) is 12.7 Å². The molecular weight excluding hydrogens is 274 g/mol. The molecule has 0 radical (unpaired) electrons. The average molecular weight is 297 g/mol. The molecule has 0 saturated heterocycles. The summed E-state index contributed by atoms with van der Waals surface area (Å²) in [4.78, 5) is 0. The SMILES string of the molecule is CC(C)=CCC/C(C)=C/Cn1cc(-c2cccc(O)c2)nn1. The highest BCUT2D eigenvalue weighted by Crippen LogP contribution is 2.20. The monoisotopic (exact) mass is 297 g/mol. The van der Waals surface area contributed by atoms with E-state index in [9.17, 15) is 5.11 Å². The van der Waals surface area contributed by atoms with Crippen LogP contribution in [0.5, 0.6) is 5.75 Å². The molecule has 0 aliphatic heterocycles. The Hall–Kier alpha value is -2.36. The lowest BCUT2D eigenvalue weighted by molar-refractivity contribution is 0.475. The molecule has 22 heavy (non-hydrogen) atoms. The molecule has 2 aromatic rings. The van der Waals surface area contributed by atoms with Gasteiger partial charge in [-0.2, -0.15) is 0 Å². The summed E-state index contributed by atoms with van der Waals surface area (Å²) in [6, 6.07) is 7.05. The van der Waals surface area contributed by atoms with Crippen molar-refractivity contribution in [3.8, 4) is 17.0 Å². The third-order valence-corrected chi connectivity index (χ3v) is 3.40. The Kier molecular flexibility index (Phi) is 5.53. The number of aromatic hydroxyl groups is 1. The Bertz CT molecular complexity index is 679. The second kappa shape index (κ2) is 7.59. The van der Waals surface area contributed by atoms with E-state index in [2.05, 4.69) is 43.2 Å². The van der Waals surface area contributed by atoms with E-state index < -0.39 is 0 Å². The smallest absolute Gasteiger partial charge is 0.116 e. The van der Waals surface area contributed by atoms with E-state index >= 15 is 0 Å². The van der Waals surface area contributed by atoms with Crippen LogP contribution in [0.15, 0.2) is 53.8 Å². The number of hydrogen-bond donors (Lipinski definition) is 1. The number of aromatic nitrogens is 3. The first kappa shape index (κ1) is 16.0. The standard InChI is InChI=1S/C18H23N3O/c1-14(2)6-4-7-15(3)10-11-21-13-18(19-20-21)16-8-5-9-17(22)12-16/h5-6,8-10,12-13,22H,4,7,11H2,1-3H3/b15-10+. The van der Waals surface area contributed by atoms with Gasteiger partial charge in [0.2, 0.25) is 0 Å². The second-order valence-electron chi connectivity index (χ2n) is 5.75. The molecule has 0 aliphatic carbocycles. The van der Waals surface area contributed by atoms with E-state index in [1.54, 1.807) is 18.2 Å². The molecular formula is C18H23N3O. The van der Waals surface area contributed by atoms with Crippen LogP contribution in [0.2, 0.25) is 0 Å². The maximum Gasteiger partial charge on any atom is 0.116 e. The van der Waals surface area contributed by atoms with Crippen molar-refractivity contribution in [3.05, 3.63) is 53.8 Å². The van der Waals surface area contributed by atoms with Gasteiger partial charge < -0.3 is 5.11 Å². The summed E-state index contributed by atoms with van der Waals surface area (Å²) in [7, 11) is 0. The number of phenolic OH excluding ortho intramolecular Hbond substituents is 1. The van der Waals surface area contributed by atoms with Gasteiger partial charge in [0, 0.05) is 5.56 Å². The lowest BCUT2D eigenvalue weighted by Gasteiger charge is -2.00. The minimum atomic E-state index is 0.238. The molecule has 0 saturated carbocycles. The van der Waals surface area contributed by atoms with Crippen LogP contribution in [-0.4, -0.2) is 20.1 Å². The highest BCUT2D eigenvalue weighted by Gasteiger charge is 2.03. The van der Waals surface area contributed by atoms with Gasteiger partial charge in [-0.1, -0.05) is 40.6 Å². The molecule has 0 aliphatic rings. The first-order valence-corrected chi connectivity index (χ1v) is 7.53. The lowest BCUT2D eigenvalue weighted by Crippen LogP contribution is -1.96. The number of hydrogen-bond acceptors (Lipinski definition) is 3. The van der Waals surface area contributed by atoms with Gasteiger partial charge in [0.25, 0.3) is 0 Å². The quantitative estimate of drug-likeness (QED) is 0.807. The maximum atomic E-state index is 9.51. The van der Waals surface area contributed by atoms with E-state index in [1.165, 1.54) is 11.1 Å². The third-order valence-electron chi connectivity index (χ3n) is 3.40. The topological polar surface area (TPSA) is 50.9 Å². The molecule has 4 heteroatoms. The second-order valence-corrected chi connectivity index (χ2v) is 5.75. The van der Waals surface area contributed by atoms with Crippen molar-refractivity contribution in [1.82, 2.24) is 15.0 Å². The van der Waals surface area contributed by atoms with Crippen LogP contribution in [0.4, 0.5) is 0 Å². The van der Waals surface area contributed by atoms with Crippen LogP contribution in [0.25, 0.3) is 11.3 Å². The molecule has 1 aromatic heterocycles. The van der Waals surface area contributed by atoms with Crippen molar-refractivity contribution >= 4 is 0 Å². The Morgan fingerprint density at radius 1 is 1.23 bits per heavy atom. The Labute approximate surface area is 131 Å². The van der Waals surface area contributed by atoms with Crippen LogP contribution < -0.4 is 0 Å². The number of rotatable bonds is 6. The van der Waals surface area contributed by atoms with E-state index in [-0.39, 0.29) is 5.75 Å². The van der Waals surface area contributed by atoms with Crippen molar-refractivity contribution < 1.29 is 5.11 Å². The normalized spacial score (nSPS) is 11.5. The fraction of sp³-hybridized carbons (Fsp3) is 0.333. The molecule has 116 valence electrons. The Morgan fingerprint density at radius 2 is 2.05 bits per heavy atom. The van der Waals surface area contributed by atoms with Gasteiger partial charge in [-0.05, 0) is 45.7 Å². The molecule has 1 aromatic carbocycles. The molecule has 0 atom stereocenters. The fourth-order valence-electron chi connectivity index (χ4n) is 2.13. The molecule has 0 unspecified atom stereocenters. The molecule has 1 heterocycles. The van der Waals surface area contributed by atoms with Gasteiger partial charge >= 0.3 is 0 Å². The maximum absolute atomic E-state index is 9.51. The van der Waals surface area contributed by atoms with E-state index in [1.807, 2.05) is 16.9 Å². The van der Waals surface area contributed by atoms with Gasteiger partial charge in [0.1, 0.15) is 11.4 Å². The first-order valence-electron chi connectivity index (χ1n) is 7.53. The molecule has 0 amide bonds. The summed E-state index contributed by atoms with van der Waals surface area (Å²) < 4.78 is 1.81. The van der Waals surface area contributed by atoms with Crippen molar-refractivity contribution in [2.75, 3.05) is 0 Å². The first-order chi connectivity index (χ1) is 10.5. The molecule has 0 bridgehead atoms. The number of nitrogens with zero attached hydrogens (tertiary/aromatic N) is 3. The van der Waals surface area contributed by atoms with E-state index in [0.29, 0.717) is 6.54 Å². The number of allylic oxidation sites excluding steroid dienone is 4. The van der Waals surface area contributed by atoms with E-state index in [0.717, 1.165) is 24.1 Å². The Morgan fingerprint density at radius 3 is 2.77 bits per heavy atom. The highest BCUT2D eigenvalue weighted by molar-refractivity contribution is 5.59. The largest absolute Gasteiger partial charge is 0.508 e. The van der Waals surface area contributed by atoms with Gasteiger partial charge in [0.15, 0.2) is 0 Å². The fourth-order valence-corrected chi connectivity index (χ4v) is 2.13. The average Bonchev–Trinajstić information content (AvgIpc) is 2.93. The van der Waals surface area contributed by atoms with Crippen molar-refractivity contribution in [2.45, 2.75) is 40.2 Å². The summed E-state index contributed by atoms with van der Waals surface area (Å²) in [5.74, 6) is 0.238. The summed E-state index contributed by atoms with van der Waals surface area (Å²) in [5.41, 5.74) is 4.36. The summed E-state index contributed by atoms with van der Waals surface area (Å²) >= 11 is 0. The van der Waals surface area contributed by atoms with Crippen LogP contribution in [-0.2, 0) is 6.54 Å². The molecule has 1 N–H and O–H groups in total. The van der Waals surface area contributed by atoms with Gasteiger partial charge in [-0.25, -0.2) is 4.68 Å². The molecule has 2 rings (SSSR count). The van der Waals surface area contributed by atoms with Crippen molar-refractivity contribution in [3.63, 3.8) is 0 Å². The van der Waals surface area contributed by atoms with E-state index in [4.69, 9.17) is 0 Å². The van der Waals surface area contributed by atoms with Crippen molar-refractivity contribution in [2.24, 2.45) is 0 Å². The van der Waals surface area contributed by atoms with Crippen LogP contribution in [0, 0.1) is 0 Å². The minimum Gasteiger partial charge on any atom is -0.508 e. The number of phenols is 1. The van der Waals surface area contributed by atoms with Crippen LogP contribution >= 0.6 is 0 Å². The Balaban J connectivity index is 1.96. The third kappa shape index (κ3) is 4.88. The van der Waals surface area contributed by atoms with Crippen LogP contribution in [0.1, 0.15) is 33.6 Å². The predicted molar refractivity (Wildman–Crippen MR) is 89.5 cm³/mol. The zero-order valence-corrected chi connectivity index (χ0v) is 13.5. The molecule has 4 nitrogen and oxygen atoms in total. The molecule has 0 spiro atoms. The zero-order chi connectivity index (χ0) is 15.9. The highest BCUT2D eigenvalue weighted by atomic mass is 16.3. The summed E-state index contributed by atoms with van der Waals surface area (Å²) in [5, 5.41) is 17.8. The summed E-state index contributed by atoms with van der Waals surface area (Å²) in [6.07, 6.45) is 8.48. The van der Waals surface area contributed by atoms with Gasteiger partial charge in [-0.3, -0.25) is 0 Å². The number of benzene rings is 1. The predicted octanol–water partition coefficient (Wildman–Crippen LogP) is 4.34. The zero-order valence-electron chi connectivity index (χ0n) is 13.5. The van der Waals surface area contributed by atoms with Gasteiger partial charge in [-0.15, -0.1) is 5.10 Å². The molecule has 0 fully saturated rings. The summed E-state index contributed by atoms with van der Waals surface area (Å²) in [6.45, 7) is 7.10. The lowest BCUT2D eigenvalue weighted by atomic mass is 10.1. The van der Waals surface area contributed by atoms with Crippen molar-refractivity contribution in [1.29, 1.82) is 0 Å². The van der Waals surface area contributed by atoms with Crippen LogP contribution in [0.3, 0.4) is 0 Å².